The SMILES string of the molecule is COc1ccc(C(=O)Cn2ccnc2C#N)cc1. The molecular formula is C13H11N3O2. The molecule has 18 heavy (non-hydrogen) atoms. The van der Waals surface area contributed by atoms with Crippen LogP contribution in [-0.2, 0) is 6.54 Å². The van der Waals surface area contributed by atoms with E-state index in [1.165, 1.54) is 10.8 Å². The lowest BCUT2D eigenvalue weighted by molar-refractivity contribution is 0.0971. The highest BCUT2D eigenvalue weighted by molar-refractivity contribution is 5.96. The first kappa shape index (κ1) is 11.9. The third-order valence-electron chi connectivity index (χ3n) is 2.54. The largest absolute Gasteiger partial charge is 0.497 e. The zero-order chi connectivity index (χ0) is 13.0. The predicted octanol–water partition coefficient (Wildman–Crippen LogP) is 1.65. The van der Waals surface area contributed by atoms with E-state index in [2.05, 4.69) is 4.98 Å². The van der Waals surface area contributed by atoms with Crippen LogP contribution in [0.4, 0.5) is 0 Å². The number of hydrogen-bond acceptors (Lipinski definition) is 4. The van der Waals surface area contributed by atoms with Gasteiger partial charge in [0.2, 0.25) is 5.82 Å². The van der Waals surface area contributed by atoms with Crippen molar-refractivity contribution in [1.29, 1.82) is 5.26 Å². The fourth-order valence-corrected chi connectivity index (χ4v) is 1.57. The van der Waals surface area contributed by atoms with Gasteiger partial charge in [-0.1, -0.05) is 0 Å². The summed E-state index contributed by atoms with van der Waals surface area (Å²) < 4.78 is 6.54. The molecule has 0 saturated heterocycles. The Hall–Kier alpha value is -2.61. The van der Waals surface area contributed by atoms with Gasteiger partial charge in [-0.05, 0) is 24.3 Å². The van der Waals surface area contributed by atoms with Gasteiger partial charge in [0, 0.05) is 18.0 Å². The van der Waals surface area contributed by atoms with Crippen molar-refractivity contribution in [3.63, 3.8) is 0 Å². The van der Waals surface area contributed by atoms with Gasteiger partial charge in [0.15, 0.2) is 5.78 Å². The monoisotopic (exact) mass is 241 g/mol. The van der Waals surface area contributed by atoms with Crippen LogP contribution in [-0.4, -0.2) is 22.4 Å². The maximum absolute atomic E-state index is 12.0. The number of Topliss-reactive ketones (excluding diaryl/α,β-unsaturated/α-hetero) is 1. The molecule has 0 unspecified atom stereocenters. The van der Waals surface area contributed by atoms with Gasteiger partial charge in [-0.3, -0.25) is 4.79 Å². The van der Waals surface area contributed by atoms with Crippen molar-refractivity contribution in [3.05, 3.63) is 48.0 Å². The summed E-state index contributed by atoms with van der Waals surface area (Å²) in [6, 6.07) is 8.78. The Balaban J connectivity index is 2.15. The van der Waals surface area contributed by atoms with E-state index in [4.69, 9.17) is 10.00 Å². The fourth-order valence-electron chi connectivity index (χ4n) is 1.57. The number of imidazole rings is 1. The number of rotatable bonds is 4. The lowest BCUT2D eigenvalue weighted by atomic mass is 10.1. The van der Waals surface area contributed by atoms with Crippen molar-refractivity contribution < 1.29 is 9.53 Å². The molecular weight excluding hydrogens is 230 g/mol. The summed E-state index contributed by atoms with van der Waals surface area (Å²) in [5.74, 6) is 0.857. The molecule has 0 bridgehead atoms. The minimum absolute atomic E-state index is 0.0767. The van der Waals surface area contributed by atoms with Gasteiger partial charge in [-0.15, -0.1) is 0 Å². The zero-order valence-corrected chi connectivity index (χ0v) is 9.83. The van der Waals surface area contributed by atoms with Crippen molar-refractivity contribution in [3.8, 4) is 11.8 Å². The predicted molar refractivity (Wildman–Crippen MR) is 64.3 cm³/mol. The zero-order valence-electron chi connectivity index (χ0n) is 9.83. The second kappa shape index (κ2) is 5.15. The maximum atomic E-state index is 12.0. The number of benzene rings is 1. The van der Waals surface area contributed by atoms with E-state index in [9.17, 15) is 4.79 Å². The molecule has 0 atom stereocenters. The topological polar surface area (TPSA) is 67.9 Å². The number of hydrogen-bond donors (Lipinski definition) is 0. The Kier molecular flexibility index (Phi) is 3.39. The van der Waals surface area contributed by atoms with Crippen LogP contribution in [0.3, 0.4) is 0 Å². The highest BCUT2D eigenvalue weighted by atomic mass is 16.5. The molecule has 2 rings (SSSR count). The van der Waals surface area contributed by atoms with Crippen molar-refractivity contribution in [1.82, 2.24) is 9.55 Å². The first-order chi connectivity index (χ1) is 8.74. The minimum Gasteiger partial charge on any atom is -0.497 e. The molecule has 90 valence electrons. The van der Waals surface area contributed by atoms with Gasteiger partial charge in [-0.25, -0.2) is 4.98 Å². The first-order valence-corrected chi connectivity index (χ1v) is 5.33. The number of carbonyl (C=O) groups is 1. The fraction of sp³-hybridized carbons (Fsp3) is 0.154. The molecule has 2 aromatic rings. The first-order valence-electron chi connectivity index (χ1n) is 5.33. The Morgan fingerprint density at radius 1 is 1.44 bits per heavy atom. The molecule has 0 N–H and O–H groups in total. The molecule has 0 fully saturated rings. The highest BCUT2D eigenvalue weighted by Gasteiger charge is 2.09. The molecule has 0 aliphatic rings. The van der Waals surface area contributed by atoms with E-state index in [-0.39, 0.29) is 18.2 Å². The maximum Gasteiger partial charge on any atom is 0.213 e. The van der Waals surface area contributed by atoms with Gasteiger partial charge in [0.25, 0.3) is 0 Å². The summed E-state index contributed by atoms with van der Waals surface area (Å²) in [6.45, 7) is 0.106. The molecule has 0 spiro atoms. The molecule has 1 aromatic carbocycles. The number of carbonyl (C=O) groups excluding carboxylic acids is 1. The lowest BCUT2D eigenvalue weighted by Gasteiger charge is -2.04. The summed E-state index contributed by atoms with van der Waals surface area (Å²) in [5, 5.41) is 8.80. The van der Waals surface area contributed by atoms with Gasteiger partial charge in [0.05, 0.1) is 13.7 Å². The molecule has 1 aromatic heterocycles. The number of methoxy groups -OCH3 is 1. The Labute approximate surface area is 104 Å². The van der Waals surface area contributed by atoms with Crippen LogP contribution in [0.2, 0.25) is 0 Å². The number of ketones is 1. The normalized spacial score (nSPS) is 9.78. The molecule has 0 saturated carbocycles. The van der Waals surface area contributed by atoms with Crippen LogP contribution < -0.4 is 4.74 Å². The molecule has 1 heterocycles. The summed E-state index contributed by atoms with van der Waals surface area (Å²) >= 11 is 0. The van der Waals surface area contributed by atoms with Gasteiger partial charge in [-0.2, -0.15) is 5.26 Å². The molecule has 0 amide bonds. The molecule has 5 nitrogen and oxygen atoms in total. The van der Waals surface area contributed by atoms with E-state index in [0.29, 0.717) is 11.3 Å². The summed E-state index contributed by atoms with van der Waals surface area (Å²) in [5.41, 5.74) is 0.577. The van der Waals surface area contributed by atoms with Gasteiger partial charge in [0.1, 0.15) is 11.8 Å². The molecule has 0 radical (unpaired) electrons. The Morgan fingerprint density at radius 3 is 2.78 bits per heavy atom. The van der Waals surface area contributed by atoms with Crippen LogP contribution in [0.25, 0.3) is 0 Å². The second-order valence-electron chi connectivity index (χ2n) is 3.64. The second-order valence-corrected chi connectivity index (χ2v) is 3.64. The highest BCUT2D eigenvalue weighted by Crippen LogP contribution is 2.12. The van der Waals surface area contributed by atoms with E-state index in [0.717, 1.165) is 0 Å². The molecule has 5 heteroatoms. The van der Waals surface area contributed by atoms with E-state index in [1.807, 2.05) is 6.07 Å². The average Bonchev–Trinajstić information content (AvgIpc) is 2.86. The number of nitriles is 1. The van der Waals surface area contributed by atoms with Crippen LogP contribution >= 0.6 is 0 Å². The van der Waals surface area contributed by atoms with Crippen molar-refractivity contribution in [2.24, 2.45) is 0 Å². The summed E-state index contributed by atoms with van der Waals surface area (Å²) in [7, 11) is 1.57. The number of nitrogens with zero attached hydrogens (tertiary/aromatic N) is 3. The van der Waals surface area contributed by atoms with Crippen molar-refractivity contribution in [2.75, 3.05) is 7.11 Å². The van der Waals surface area contributed by atoms with Crippen LogP contribution in [0.1, 0.15) is 16.2 Å². The molecule has 0 aliphatic heterocycles. The van der Waals surface area contributed by atoms with E-state index >= 15 is 0 Å². The van der Waals surface area contributed by atoms with Crippen LogP contribution in [0.5, 0.6) is 5.75 Å². The molecule has 0 aliphatic carbocycles. The lowest BCUT2D eigenvalue weighted by Crippen LogP contribution is -2.11. The summed E-state index contributed by atoms with van der Waals surface area (Å²) in [6.07, 6.45) is 3.11. The van der Waals surface area contributed by atoms with Gasteiger partial charge >= 0.3 is 0 Å². The average molecular weight is 241 g/mol. The van der Waals surface area contributed by atoms with Crippen molar-refractivity contribution in [2.45, 2.75) is 6.54 Å². The van der Waals surface area contributed by atoms with Crippen LogP contribution in [0.15, 0.2) is 36.7 Å². The number of aromatic nitrogens is 2. The third kappa shape index (κ3) is 2.38. The Bertz CT molecular complexity index is 593. The standard InChI is InChI=1S/C13H11N3O2/c1-18-11-4-2-10(3-5-11)12(17)9-16-7-6-15-13(16)8-14/h2-7H,9H2,1H3. The minimum atomic E-state index is -0.0767. The van der Waals surface area contributed by atoms with Crippen LogP contribution in [0, 0.1) is 11.3 Å². The summed E-state index contributed by atoms with van der Waals surface area (Å²) in [4.78, 5) is 15.8. The van der Waals surface area contributed by atoms with E-state index in [1.54, 1.807) is 37.6 Å². The quantitative estimate of drug-likeness (QED) is 0.763. The smallest absolute Gasteiger partial charge is 0.213 e. The van der Waals surface area contributed by atoms with Crippen molar-refractivity contribution >= 4 is 5.78 Å². The van der Waals surface area contributed by atoms with E-state index < -0.39 is 0 Å². The number of ether oxygens (including phenoxy) is 1. The van der Waals surface area contributed by atoms with Gasteiger partial charge < -0.3 is 9.30 Å². The Morgan fingerprint density at radius 2 is 2.17 bits per heavy atom. The third-order valence-corrected chi connectivity index (χ3v) is 2.54.